The maximum atomic E-state index is 12.6. The molecule has 0 radical (unpaired) electrons. The number of carbonyl (C=O) groups excluding carboxylic acids is 1. The van der Waals surface area contributed by atoms with Crippen LogP contribution < -0.4 is 0 Å². The number of hydrogen-bond donors (Lipinski definition) is 0. The summed E-state index contributed by atoms with van der Waals surface area (Å²) in [4.78, 5) is 13.7. The molecule has 0 unspecified atom stereocenters. The molecule has 0 bridgehead atoms. The average molecular weight is 312 g/mol. The molecule has 0 N–H and O–H groups in total. The third-order valence-electron chi connectivity index (χ3n) is 3.53. The molecule has 1 atom stereocenters. The first kappa shape index (κ1) is 13.1. The van der Waals surface area contributed by atoms with E-state index >= 15 is 0 Å². The zero-order valence-corrected chi connectivity index (χ0v) is 12.3. The summed E-state index contributed by atoms with van der Waals surface area (Å²) >= 11 is 1.61. The molecule has 0 saturated carbocycles. The molecule has 4 heterocycles. The Kier molecular flexibility index (Phi) is 3.16. The lowest BCUT2D eigenvalue weighted by molar-refractivity contribution is 0.0660. The molecule has 1 amide bonds. The predicted octanol–water partition coefficient (Wildman–Crippen LogP) is 3.93. The van der Waals surface area contributed by atoms with Gasteiger partial charge in [-0.05, 0) is 35.7 Å². The lowest BCUT2D eigenvalue weighted by Crippen LogP contribution is -2.26. The number of hydrogen-bond acceptors (Lipinski definition) is 5. The summed E-state index contributed by atoms with van der Waals surface area (Å²) in [6, 6.07) is 10.7. The second-order valence-electron chi connectivity index (χ2n) is 4.89. The number of hydrazone groups is 1. The largest absolute Gasteiger partial charge is 0.467 e. The van der Waals surface area contributed by atoms with Crippen LogP contribution in [0.5, 0.6) is 0 Å². The monoisotopic (exact) mass is 312 g/mol. The Morgan fingerprint density at radius 3 is 2.73 bits per heavy atom. The van der Waals surface area contributed by atoms with E-state index in [9.17, 15) is 4.79 Å². The Labute approximate surface area is 130 Å². The molecule has 0 aliphatic carbocycles. The van der Waals surface area contributed by atoms with Crippen LogP contribution in [0, 0.1) is 0 Å². The van der Waals surface area contributed by atoms with Gasteiger partial charge in [0.25, 0.3) is 0 Å². The molecule has 110 valence electrons. The first-order valence-corrected chi connectivity index (χ1v) is 7.73. The van der Waals surface area contributed by atoms with Crippen LogP contribution in [0.15, 0.2) is 68.2 Å². The number of rotatable bonds is 3. The van der Waals surface area contributed by atoms with Gasteiger partial charge in [-0.15, -0.1) is 11.3 Å². The predicted molar refractivity (Wildman–Crippen MR) is 81.8 cm³/mol. The Hall–Kier alpha value is -2.60. The molecule has 3 aromatic heterocycles. The van der Waals surface area contributed by atoms with Gasteiger partial charge in [-0.3, -0.25) is 4.79 Å². The molecule has 3 aromatic rings. The van der Waals surface area contributed by atoms with Crippen molar-refractivity contribution in [1.29, 1.82) is 0 Å². The molecular weight excluding hydrogens is 300 g/mol. The topological polar surface area (TPSA) is 59.0 Å². The van der Waals surface area contributed by atoms with Gasteiger partial charge in [-0.1, -0.05) is 6.07 Å². The van der Waals surface area contributed by atoms with Crippen LogP contribution in [0.2, 0.25) is 0 Å². The molecule has 1 aliphatic heterocycles. The molecule has 0 aromatic carbocycles. The third kappa shape index (κ3) is 2.17. The molecule has 5 nitrogen and oxygen atoms in total. The van der Waals surface area contributed by atoms with Crippen molar-refractivity contribution in [3.05, 3.63) is 70.7 Å². The number of carbonyl (C=O) groups is 1. The van der Waals surface area contributed by atoms with Crippen LogP contribution in [0.3, 0.4) is 0 Å². The lowest BCUT2D eigenvalue weighted by atomic mass is 10.1. The number of amides is 1. The zero-order chi connectivity index (χ0) is 14.9. The molecule has 1 aliphatic rings. The number of furan rings is 2. The fourth-order valence-corrected chi connectivity index (χ4v) is 3.23. The standard InChI is InChI=1S/C16H12N2O3S/c19-16(14-5-2-8-21-14)18-12(13-4-1-7-20-13)10-11(17-18)15-6-3-9-22-15/h1-9,12H,10H2/t12-/m1/s1. The van der Waals surface area contributed by atoms with Crippen LogP contribution >= 0.6 is 11.3 Å². The second kappa shape index (κ2) is 5.31. The van der Waals surface area contributed by atoms with E-state index in [-0.39, 0.29) is 17.7 Å². The SMILES string of the molecule is O=C(c1ccco1)N1N=C(c2cccs2)C[C@@H]1c1ccco1. The van der Waals surface area contributed by atoms with Crippen LogP contribution in [-0.2, 0) is 0 Å². The van der Waals surface area contributed by atoms with Crippen LogP contribution in [0.1, 0.15) is 33.7 Å². The third-order valence-corrected chi connectivity index (χ3v) is 4.45. The van der Waals surface area contributed by atoms with Gasteiger partial charge in [-0.2, -0.15) is 5.10 Å². The Balaban J connectivity index is 1.71. The molecule has 6 heteroatoms. The van der Waals surface area contributed by atoms with E-state index < -0.39 is 0 Å². The molecule has 0 spiro atoms. The maximum Gasteiger partial charge on any atom is 0.310 e. The van der Waals surface area contributed by atoms with Gasteiger partial charge in [-0.25, -0.2) is 5.01 Å². The van der Waals surface area contributed by atoms with Crippen LogP contribution in [0.25, 0.3) is 0 Å². The highest BCUT2D eigenvalue weighted by Crippen LogP contribution is 2.35. The zero-order valence-electron chi connectivity index (χ0n) is 11.5. The summed E-state index contributed by atoms with van der Waals surface area (Å²) in [5, 5.41) is 7.96. The fourth-order valence-electron chi connectivity index (χ4n) is 2.50. The highest BCUT2D eigenvalue weighted by atomic mass is 32.1. The highest BCUT2D eigenvalue weighted by Gasteiger charge is 2.36. The van der Waals surface area contributed by atoms with Crippen molar-refractivity contribution in [3.63, 3.8) is 0 Å². The van der Waals surface area contributed by atoms with E-state index in [0.29, 0.717) is 6.42 Å². The minimum atomic E-state index is -0.266. The van der Waals surface area contributed by atoms with Gasteiger partial charge < -0.3 is 8.83 Å². The quantitative estimate of drug-likeness (QED) is 0.736. The maximum absolute atomic E-state index is 12.6. The van der Waals surface area contributed by atoms with E-state index in [2.05, 4.69) is 5.10 Å². The molecule has 0 fully saturated rings. The summed E-state index contributed by atoms with van der Waals surface area (Å²) in [5.74, 6) is 0.723. The minimum absolute atomic E-state index is 0.246. The van der Waals surface area contributed by atoms with Crippen molar-refractivity contribution in [2.45, 2.75) is 12.5 Å². The van der Waals surface area contributed by atoms with E-state index in [0.717, 1.165) is 16.3 Å². The van der Waals surface area contributed by atoms with Crippen LogP contribution in [0.4, 0.5) is 0 Å². The molecule has 22 heavy (non-hydrogen) atoms. The van der Waals surface area contributed by atoms with E-state index in [1.54, 1.807) is 29.7 Å². The first-order valence-electron chi connectivity index (χ1n) is 6.85. The van der Waals surface area contributed by atoms with Gasteiger partial charge in [0.05, 0.1) is 23.1 Å². The summed E-state index contributed by atoms with van der Waals surface area (Å²) < 4.78 is 10.7. The Morgan fingerprint density at radius 1 is 1.18 bits per heavy atom. The van der Waals surface area contributed by atoms with Crippen molar-refractivity contribution < 1.29 is 13.6 Å². The second-order valence-corrected chi connectivity index (χ2v) is 5.83. The first-order chi connectivity index (χ1) is 10.8. The van der Waals surface area contributed by atoms with Crippen molar-refractivity contribution in [2.75, 3.05) is 0 Å². The Morgan fingerprint density at radius 2 is 2.05 bits per heavy atom. The van der Waals surface area contributed by atoms with Gasteiger partial charge >= 0.3 is 5.91 Å². The van der Waals surface area contributed by atoms with E-state index in [4.69, 9.17) is 8.83 Å². The molecule has 0 saturated heterocycles. The highest BCUT2D eigenvalue weighted by molar-refractivity contribution is 7.12. The van der Waals surface area contributed by atoms with Crippen molar-refractivity contribution >= 4 is 23.0 Å². The van der Waals surface area contributed by atoms with Gasteiger partial charge in [0.15, 0.2) is 5.76 Å². The minimum Gasteiger partial charge on any atom is -0.467 e. The smallest absolute Gasteiger partial charge is 0.310 e. The summed E-state index contributed by atoms with van der Waals surface area (Å²) in [6.07, 6.45) is 3.71. The molecular formula is C16H12N2O3S. The van der Waals surface area contributed by atoms with Gasteiger partial charge in [0, 0.05) is 6.42 Å². The Bertz CT molecular complexity index is 789. The van der Waals surface area contributed by atoms with Gasteiger partial charge in [0.1, 0.15) is 11.8 Å². The fraction of sp³-hybridized carbons (Fsp3) is 0.125. The van der Waals surface area contributed by atoms with E-state index in [1.165, 1.54) is 11.3 Å². The van der Waals surface area contributed by atoms with Crippen molar-refractivity contribution in [3.8, 4) is 0 Å². The lowest BCUT2D eigenvalue weighted by Gasteiger charge is -2.18. The van der Waals surface area contributed by atoms with Gasteiger partial charge in [0.2, 0.25) is 0 Å². The van der Waals surface area contributed by atoms with Crippen LogP contribution in [-0.4, -0.2) is 16.6 Å². The number of nitrogens with zero attached hydrogens (tertiary/aromatic N) is 2. The number of thiophene rings is 1. The summed E-state index contributed by atoms with van der Waals surface area (Å²) in [5.41, 5.74) is 0.885. The normalized spacial score (nSPS) is 17.7. The van der Waals surface area contributed by atoms with Crippen molar-refractivity contribution in [2.24, 2.45) is 5.10 Å². The summed E-state index contributed by atoms with van der Waals surface area (Å²) in [6.45, 7) is 0. The average Bonchev–Trinajstić information content (AvgIpc) is 3.35. The van der Waals surface area contributed by atoms with E-state index in [1.807, 2.05) is 29.6 Å². The van der Waals surface area contributed by atoms with Crippen molar-refractivity contribution in [1.82, 2.24) is 5.01 Å². The molecule has 4 rings (SSSR count). The summed E-state index contributed by atoms with van der Waals surface area (Å²) in [7, 11) is 0.